The van der Waals surface area contributed by atoms with Crippen LogP contribution in [0, 0.1) is 19.8 Å². The molecule has 4 heterocycles. The molecule has 144 valence electrons. The average Bonchev–Trinajstić information content (AvgIpc) is 2.84. The van der Waals surface area contributed by atoms with Crippen LogP contribution in [0.3, 0.4) is 0 Å². The van der Waals surface area contributed by atoms with Gasteiger partial charge in [-0.1, -0.05) is 35.5 Å². The first kappa shape index (κ1) is 18.2. The van der Waals surface area contributed by atoms with Gasteiger partial charge < -0.3 is 9.42 Å². The van der Waals surface area contributed by atoms with Crippen molar-refractivity contribution in [2.24, 2.45) is 5.92 Å². The SMILES string of the molecule is Cc1noc(C)c1CCC(=O)N1C[C@H]2CC[C@@H](C1)N(Cc1ccccc1)C2. The van der Waals surface area contributed by atoms with Crippen molar-refractivity contribution in [2.75, 3.05) is 19.6 Å². The highest BCUT2D eigenvalue weighted by Gasteiger charge is 2.36. The summed E-state index contributed by atoms with van der Waals surface area (Å²) in [4.78, 5) is 17.6. The molecule has 3 fully saturated rings. The Bertz CT molecular complexity index is 767. The maximum Gasteiger partial charge on any atom is 0.222 e. The minimum atomic E-state index is 0.272. The average molecular weight is 367 g/mol. The zero-order valence-electron chi connectivity index (χ0n) is 16.4. The lowest BCUT2D eigenvalue weighted by atomic mass is 9.94. The van der Waals surface area contributed by atoms with Crippen LogP contribution in [-0.4, -0.2) is 46.5 Å². The van der Waals surface area contributed by atoms with Gasteiger partial charge in [0, 0.05) is 44.2 Å². The maximum absolute atomic E-state index is 12.9. The van der Waals surface area contributed by atoms with Crippen molar-refractivity contribution in [3.8, 4) is 0 Å². The Kier molecular flexibility index (Phi) is 5.30. The normalized spacial score (nSPS) is 22.8. The summed E-state index contributed by atoms with van der Waals surface area (Å²) in [5.41, 5.74) is 3.36. The first-order valence-corrected chi connectivity index (χ1v) is 10.1. The van der Waals surface area contributed by atoms with Gasteiger partial charge >= 0.3 is 0 Å². The number of hydrogen-bond acceptors (Lipinski definition) is 4. The summed E-state index contributed by atoms with van der Waals surface area (Å²) in [5.74, 6) is 1.70. The van der Waals surface area contributed by atoms with Crippen molar-refractivity contribution >= 4 is 5.91 Å². The summed E-state index contributed by atoms with van der Waals surface area (Å²) < 4.78 is 5.23. The molecule has 1 aromatic carbocycles. The molecule has 2 aromatic rings. The van der Waals surface area contributed by atoms with Crippen LogP contribution in [-0.2, 0) is 17.8 Å². The fourth-order valence-corrected chi connectivity index (χ4v) is 4.64. The minimum absolute atomic E-state index is 0.272. The van der Waals surface area contributed by atoms with Gasteiger partial charge in [-0.05, 0) is 44.6 Å². The van der Waals surface area contributed by atoms with E-state index in [4.69, 9.17) is 4.52 Å². The van der Waals surface area contributed by atoms with Crippen LogP contribution in [0.25, 0.3) is 0 Å². The summed E-state index contributed by atoms with van der Waals surface area (Å²) in [5, 5.41) is 4.00. The fraction of sp³-hybridized carbons (Fsp3) is 0.545. The van der Waals surface area contributed by atoms with Crippen molar-refractivity contribution in [1.29, 1.82) is 0 Å². The molecule has 5 heteroatoms. The molecule has 0 saturated carbocycles. The lowest BCUT2D eigenvalue weighted by Crippen LogP contribution is -2.43. The third-order valence-corrected chi connectivity index (χ3v) is 6.18. The first-order chi connectivity index (χ1) is 13.1. The van der Waals surface area contributed by atoms with Crippen LogP contribution in [0.5, 0.6) is 0 Å². The van der Waals surface area contributed by atoms with Crippen molar-refractivity contribution in [2.45, 2.75) is 52.1 Å². The summed E-state index contributed by atoms with van der Waals surface area (Å²) in [6.07, 6.45) is 3.70. The molecule has 3 aliphatic heterocycles. The molecule has 0 spiro atoms. The number of aryl methyl sites for hydroxylation is 2. The van der Waals surface area contributed by atoms with E-state index >= 15 is 0 Å². The monoisotopic (exact) mass is 367 g/mol. The summed E-state index contributed by atoms with van der Waals surface area (Å²) in [7, 11) is 0. The molecule has 2 bridgehead atoms. The van der Waals surface area contributed by atoms with E-state index in [0.29, 0.717) is 18.4 Å². The van der Waals surface area contributed by atoms with Crippen molar-refractivity contribution in [3.63, 3.8) is 0 Å². The topological polar surface area (TPSA) is 49.6 Å². The molecule has 2 atom stereocenters. The van der Waals surface area contributed by atoms with E-state index in [1.54, 1.807) is 0 Å². The molecule has 5 rings (SSSR count). The van der Waals surface area contributed by atoms with Gasteiger partial charge in [-0.15, -0.1) is 0 Å². The molecule has 1 aromatic heterocycles. The predicted molar refractivity (Wildman–Crippen MR) is 104 cm³/mol. The van der Waals surface area contributed by atoms with Gasteiger partial charge in [0.2, 0.25) is 5.91 Å². The fourth-order valence-electron chi connectivity index (χ4n) is 4.64. The van der Waals surface area contributed by atoms with Crippen molar-refractivity contribution < 1.29 is 9.32 Å². The number of carbonyl (C=O) groups excluding carboxylic acids is 1. The Morgan fingerprint density at radius 2 is 1.96 bits per heavy atom. The molecule has 3 saturated heterocycles. The zero-order valence-corrected chi connectivity index (χ0v) is 16.4. The number of rotatable bonds is 5. The van der Waals surface area contributed by atoms with Gasteiger partial charge in [0.15, 0.2) is 0 Å². The molecule has 1 amide bonds. The van der Waals surface area contributed by atoms with Gasteiger partial charge in [0.25, 0.3) is 0 Å². The lowest BCUT2D eigenvalue weighted by Gasteiger charge is -2.36. The van der Waals surface area contributed by atoms with E-state index in [0.717, 1.165) is 49.6 Å². The molecule has 27 heavy (non-hydrogen) atoms. The Labute approximate surface area is 161 Å². The van der Waals surface area contributed by atoms with Crippen LogP contribution in [0.4, 0.5) is 0 Å². The Morgan fingerprint density at radius 1 is 1.15 bits per heavy atom. The standard InChI is InChI=1S/C22H29N3O2/c1-16-21(17(2)27-23-16)10-11-22(26)25-14-19-8-9-20(15-25)24(13-19)12-18-6-4-3-5-7-18/h3-7,19-20H,8-15H2,1-2H3/t19-,20-/m0/s1. The number of nitrogens with zero attached hydrogens (tertiary/aromatic N) is 3. The zero-order chi connectivity index (χ0) is 18.8. The maximum atomic E-state index is 12.9. The number of hydrogen-bond donors (Lipinski definition) is 0. The smallest absolute Gasteiger partial charge is 0.222 e. The van der Waals surface area contributed by atoms with Crippen LogP contribution < -0.4 is 0 Å². The second-order valence-corrected chi connectivity index (χ2v) is 8.11. The highest BCUT2D eigenvalue weighted by Crippen LogP contribution is 2.29. The quantitative estimate of drug-likeness (QED) is 0.813. The number of amides is 1. The van der Waals surface area contributed by atoms with E-state index in [-0.39, 0.29) is 5.91 Å². The van der Waals surface area contributed by atoms with Crippen LogP contribution in [0.1, 0.15) is 41.8 Å². The summed E-state index contributed by atoms with van der Waals surface area (Å²) in [6, 6.07) is 11.2. The van der Waals surface area contributed by atoms with Gasteiger partial charge in [0.1, 0.15) is 5.76 Å². The third-order valence-electron chi connectivity index (χ3n) is 6.18. The number of benzene rings is 1. The van der Waals surface area contributed by atoms with Gasteiger partial charge in [-0.2, -0.15) is 0 Å². The Hall–Kier alpha value is -2.14. The predicted octanol–water partition coefficient (Wildman–Crippen LogP) is 3.35. The van der Waals surface area contributed by atoms with Gasteiger partial charge in [-0.3, -0.25) is 9.69 Å². The molecule has 0 unspecified atom stereocenters. The van der Waals surface area contributed by atoms with E-state index in [1.165, 1.54) is 18.4 Å². The Balaban J connectivity index is 1.38. The molecular formula is C22H29N3O2. The summed E-state index contributed by atoms with van der Waals surface area (Å²) >= 11 is 0. The molecule has 0 radical (unpaired) electrons. The number of aromatic nitrogens is 1. The highest BCUT2D eigenvalue weighted by molar-refractivity contribution is 5.76. The molecular weight excluding hydrogens is 338 g/mol. The van der Waals surface area contributed by atoms with Crippen LogP contribution in [0.2, 0.25) is 0 Å². The van der Waals surface area contributed by atoms with E-state index in [2.05, 4.69) is 45.3 Å². The van der Waals surface area contributed by atoms with Gasteiger partial charge in [0.05, 0.1) is 5.69 Å². The second kappa shape index (κ2) is 7.85. The Morgan fingerprint density at radius 3 is 2.70 bits per heavy atom. The van der Waals surface area contributed by atoms with Crippen molar-refractivity contribution in [1.82, 2.24) is 15.0 Å². The van der Waals surface area contributed by atoms with Crippen LogP contribution >= 0.6 is 0 Å². The summed E-state index contributed by atoms with van der Waals surface area (Å²) in [6.45, 7) is 7.74. The number of fused-ring (bicyclic) bond motifs is 4. The molecule has 0 N–H and O–H groups in total. The van der Waals surface area contributed by atoms with E-state index < -0.39 is 0 Å². The number of piperidine rings is 1. The second-order valence-electron chi connectivity index (χ2n) is 8.11. The van der Waals surface area contributed by atoms with E-state index in [9.17, 15) is 4.79 Å². The minimum Gasteiger partial charge on any atom is -0.361 e. The first-order valence-electron chi connectivity index (χ1n) is 10.1. The highest BCUT2D eigenvalue weighted by atomic mass is 16.5. The third kappa shape index (κ3) is 4.08. The van der Waals surface area contributed by atoms with E-state index in [1.807, 2.05) is 13.8 Å². The lowest BCUT2D eigenvalue weighted by molar-refractivity contribution is -0.131. The van der Waals surface area contributed by atoms with Gasteiger partial charge in [-0.25, -0.2) is 0 Å². The molecule has 0 aliphatic carbocycles. The largest absolute Gasteiger partial charge is 0.361 e. The molecule has 3 aliphatic rings. The number of carbonyl (C=O) groups is 1. The van der Waals surface area contributed by atoms with Crippen LogP contribution in [0.15, 0.2) is 34.9 Å². The van der Waals surface area contributed by atoms with Crippen molar-refractivity contribution in [3.05, 3.63) is 52.9 Å². The molecule has 5 nitrogen and oxygen atoms in total.